The van der Waals surface area contributed by atoms with Gasteiger partial charge in [0, 0.05) is 30.3 Å². The molecule has 1 aromatic rings. The van der Waals surface area contributed by atoms with Crippen LogP contribution >= 0.6 is 28.3 Å². The quantitative estimate of drug-likeness (QED) is 0.759. The molecule has 23 heavy (non-hydrogen) atoms. The molecule has 1 aliphatic rings. The Morgan fingerprint density at radius 3 is 2.57 bits per heavy atom. The molecule has 0 heterocycles. The van der Waals surface area contributed by atoms with Crippen LogP contribution in [0.25, 0.3) is 0 Å². The van der Waals surface area contributed by atoms with E-state index in [4.69, 9.17) is 5.73 Å². The minimum atomic E-state index is -3.57. The Morgan fingerprint density at radius 2 is 1.96 bits per heavy atom. The van der Waals surface area contributed by atoms with Crippen LogP contribution in [0.4, 0.5) is 5.69 Å². The van der Waals surface area contributed by atoms with E-state index in [1.807, 2.05) is 25.1 Å². The van der Waals surface area contributed by atoms with Crippen LogP contribution in [0.3, 0.4) is 0 Å². The van der Waals surface area contributed by atoms with Gasteiger partial charge in [-0.1, -0.05) is 12.8 Å². The van der Waals surface area contributed by atoms with Crippen molar-refractivity contribution in [3.8, 4) is 0 Å². The van der Waals surface area contributed by atoms with E-state index in [1.165, 1.54) is 0 Å². The van der Waals surface area contributed by atoms with Crippen molar-refractivity contribution in [2.45, 2.75) is 36.6 Å². The lowest BCUT2D eigenvalue weighted by atomic mass is 9.85. The predicted molar refractivity (Wildman–Crippen MR) is 101 cm³/mol. The lowest BCUT2D eigenvalue weighted by Gasteiger charge is -2.31. The second-order valence-electron chi connectivity index (χ2n) is 6.02. The Kier molecular flexibility index (Phi) is 7.80. The summed E-state index contributed by atoms with van der Waals surface area (Å²) < 4.78 is 29.0. The Bertz CT molecular complexity index is 625. The molecule has 5 nitrogen and oxygen atoms in total. The van der Waals surface area contributed by atoms with Crippen LogP contribution in [0, 0.1) is 5.92 Å². The van der Waals surface area contributed by atoms with E-state index in [0.29, 0.717) is 11.0 Å². The van der Waals surface area contributed by atoms with Gasteiger partial charge in [-0.2, -0.15) is 0 Å². The minimum Gasteiger partial charge on any atom is -0.378 e. The molecule has 0 amide bonds. The number of rotatable bonds is 5. The number of nitrogens with two attached hydrogens (primary N) is 1. The topological polar surface area (TPSA) is 75.4 Å². The monoisotopic (exact) mass is 425 g/mol. The van der Waals surface area contributed by atoms with E-state index in [9.17, 15) is 8.42 Å². The van der Waals surface area contributed by atoms with Gasteiger partial charge in [0.1, 0.15) is 0 Å². The molecule has 2 rings (SSSR count). The fourth-order valence-electron chi connectivity index (χ4n) is 2.88. The van der Waals surface area contributed by atoms with Gasteiger partial charge in [0.25, 0.3) is 0 Å². The first-order valence-electron chi connectivity index (χ1n) is 7.54. The van der Waals surface area contributed by atoms with Crippen molar-refractivity contribution in [3.63, 3.8) is 0 Å². The normalized spacial score (nSPS) is 21.6. The summed E-state index contributed by atoms with van der Waals surface area (Å²) in [5, 5.41) is 0. The molecule has 0 radical (unpaired) electrons. The van der Waals surface area contributed by atoms with Crippen LogP contribution in [-0.2, 0) is 10.0 Å². The molecule has 1 saturated carbocycles. The number of hydrogen-bond acceptors (Lipinski definition) is 4. The standard InChI is InChI=1S/C15H24BrN3O2S.ClH/c1-19(2)12-7-8-13(16)15(9-12)22(20,21)18-14-6-4-3-5-11(14)10-17;/h7-9,11,14,18H,3-6,10,17H2,1-2H3;1H. The van der Waals surface area contributed by atoms with Crippen LogP contribution in [0.2, 0.25) is 0 Å². The minimum absolute atomic E-state index is 0. The molecule has 2 unspecified atom stereocenters. The van der Waals surface area contributed by atoms with Gasteiger partial charge in [-0.3, -0.25) is 0 Å². The van der Waals surface area contributed by atoms with Crippen molar-refractivity contribution >= 4 is 44.0 Å². The molecule has 0 aromatic heterocycles. The summed E-state index contributed by atoms with van der Waals surface area (Å²) in [7, 11) is 0.206. The van der Waals surface area contributed by atoms with E-state index in [2.05, 4.69) is 20.7 Å². The summed E-state index contributed by atoms with van der Waals surface area (Å²) >= 11 is 3.35. The van der Waals surface area contributed by atoms with Gasteiger partial charge in [0.15, 0.2) is 0 Å². The van der Waals surface area contributed by atoms with Crippen molar-refractivity contribution in [1.29, 1.82) is 0 Å². The second-order valence-corrected chi connectivity index (χ2v) is 8.55. The maximum Gasteiger partial charge on any atom is 0.242 e. The van der Waals surface area contributed by atoms with E-state index >= 15 is 0 Å². The molecular weight excluding hydrogens is 402 g/mol. The first-order chi connectivity index (χ1) is 10.3. The van der Waals surface area contributed by atoms with Crippen LogP contribution in [-0.4, -0.2) is 35.1 Å². The van der Waals surface area contributed by atoms with Gasteiger partial charge in [0.2, 0.25) is 10.0 Å². The average Bonchev–Trinajstić information content (AvgIpc) is 2.47. The van der Waals surface area contributed by atoms with Crippen LogP contribution in [0.5, 0.6) is 0 Å². The maximum atomic E-state index is 12.8. The van der Waals surface area contributed by atoms with Crippen LogP contribution in [0.15, 0.2) is 27.6 Å². The number of nitrogens with zero attached hydrogens (tertiary/aromatic N) is 1. The summed E-state index contributed by atoms with van der Waals surface area (Å²) in [6.07, 6.45) is 4.01. The number of benzene rings is 1. The highest BCUT2D eigenvalue weighted by molar-refractivity contribution is 9.10. The lowest BCUT2D eigenvalue weighted by Crippen LogP contribution is -2.44. The molecule has 0 bridgehead atoms. The SMILES string of the molecule is CN(C)c1ccc(Br)c(S(=O)(=O)NC2CCCCC2CN)c1.Cl. The molecule has 0 saturated heterocycles. The number of nitrogens with one attached hydrogen (secondary N) is 1. The van der Waals surface area contributed by atoms with Gasteiger partial charge in [-0.15, -0.1) is 12.4 Å². The van der Waals surface area contributed by atoms with E-state index in [1.54, 1.807) is 12.1 Å². The third-order valence-electron chi connectivity index (χ3n) is 4.24. The third kappa shape index (κ3) is 5.06. The first-order valence-corrected chi connectivity index (χ1v) is 9.82. The van der Waals surface area contributed by atoms with Crippen molar-refractivity contribution < 1.29 is 8.42 Å². The highest BCUT2D eigenvalue weighted by Gasteiger charge is 2.29. The number of anilines is 1. The van der Waals surface area contributed by atoms with E-state index < -0.39 is 10.0 Å². The summed E-state index contributed by atoms with van der Waals surface area (Å²) in [4.78, 5) is 2.16. The van der Waals surface area contributed by atoms with Crippen molar-refractivity contribution in [2.75, 3.05) is 25.5 Å². The highest BCUT2D eigenvalue weighted by atomic mass is 79.9. The highest BCUT2D eigenvalue weighted by Crippen LogP contribution is 2.29. The molecular formula is C15H25BrClN3O2S. The molecule has 1 aliphatic carbocycles. The Balaban J connectivity index is 0.00000264. The molecule has 8 heteroatoms. The molecule has 2 atom stereocenters. The molecule has 3 N–H and O–H groups in total. The first kappa shape index (κ1) is 20.7. The number of hydrogen-bond donors (Lipinski definition) is 2. The third-order valence-corrected chi connectivity index (χ3v) is 6.72. The Hall–Kier alpha value is -0.340. The number of sulfonamides is 1. The fraction of sp³-hybridized carbons (Fsp3) is 0.600. The second kappa shape index (κ2) is 8.67. The van der Waals surface area contributed by atoms with Gasteiger partial charge in [0.05, 0.1) is 4.90 Å². The number of halogens is 2. The van der Waals surface area contributed by atoms with Crippen molar-refractivity contribution in [2.24, 2.45) is 11.7 Å². The van der Waals surface area contributed by atoms with Crippen molar-refractivity contribution in [1.82, 2.24) is 4.72 Å². The Morgan fingerprint density at radius 1 is 1.30 bits per heavy atom. The largest absolute Gasteiger partial charge is 0.378 e. The van der Waals surface area contributed by atoms with Crippen LogP contribution < -0.4 is 15.4 Å². The van der Waals surface area contributed by atoms with Gasteiger partial charge >= 0.3 is 0 Å². The lowest BCUT2D eigenvalue weighted by molar-refractivity contribution is 0.296. The molecule has 0 aliphatic heterocycles. The molecule has 0 spiro atoms. The molecule has 1 aromatic carbocycles. The fourth-order valence-corrected chi connectivity index (χ4v) is 5.21. The molecule has 1 fully saturated rings. The van der Waals surface area contributed by atoms with Gasteiger partial charge in [-0.25, -0.2) is 13.1 Å². The zero-order valence-corrected chi connectivity index (χ0v) is 16.7. The Labute approximate surface area is 153 Å². The summed E-state index contributed by atoms with van der Waals surface area (Å²) in [6.45, 7) is 0.520. The van der Waals surface area contributed by atoms with Gasteiger partial charge < -0.3 is 10.6 Å². The van der Waals surface area contributed by atoms with Crippen molar-refractivity contribution in [3.05, 3.63) is 22.7 Å². The van der Waals surface area contributed by atoms with E-state index in [0.717, 1.165) is 31.4 Å². The summed E-state index contributed by atoms with van der Waals surface area (Å²) in [6, 6.07) is 5.27. The zero-order valence-electron chi connectivity index (χ0n) is 13.5. The van der Waals surface area contributed by atoms with Gasteiger partial charge in [-0.05, 0) is 59.4 Å². The summed E-state index contributed by atoms with van der Waals surface area (Å²) in [5.41, 5.74) is 6.64. The predicted octanol–water partition coefficient (Wildman–Crippen LogP) is 2.73. The molecule has 132 valence electrons. The average molecular weight is 427 g/mol. The summed E-state index contributed by atoms with van der Waals surface area (Å²) in [5.74, 6) is 0.222. The maximum absolute atomic E-state index is 12.8. The smallest absolute Gasteiger partial charge is 0.242 e. The van der Waals surface area contributed by atoms with E-state index in [-0.39, 0.29) is 29.3 Å². The zero-order chi connectivity index (χ0) is 16.3. The van der Waals surface area contributed by atoms with Crippen LogP contribution in [0.1, 0.15) is 25.7 Å².